The first kappa shape index (κ1) is 15.9. The second-order valence-electron chi connectivity index (χ2n) is 5.18. The highest BCUT2D eigenvalue weighted by molar-refractivity contribution is 14.1. The summed E-state index contributed by atoms with van der Waals surface area (Å²) >= 11 is 2.20. The number of aldehydes is 1. The summed E-state index contributed by atoms with van der Waals surface area (Å²) in [5, 5.41) is 2.61. The summed E-state index contributed by atoms with van der Waals surface area (Å²) in [4.78, 5) is 22.6. The van der Waals surface area contributed by atoms with Crippen LogP contribution in [0.15, 0.2) is 24.3 Å². The van der Waals surface area contributed by atoms with Gasteiger partial charge in [-0.2, -0.15) is 0 Å². The normalized spacial score (nSPS) is 12.6. The summed E-state index contributed by atoms with van der Waals surface area (Å²) in [7, 11) is 0. The number of halogens is 1. The number of ether oxygens (including phenoxy) is 1. The molecule has 0 radical (unpaired) electrons. The fraction of sp³-hybridized carbons (Fsp3) is 0.429. The molecule has 1 N–H and O–H groups in total. The van der Waals surface area contributed by atoms with Crippen molar-refractivity contribution in [3.63, 3.8) is 0 Å². The number of hydrogen-bond donors (Lipinski definition) is 1. The second kappa shape index (κ2) is 6.88. The van der Waals surface area contributed by atoms with Crippen LogP contribution in [0, 0.1) is 3.57 Å². The van der Waals surface area contributed by atoms with Crippen molar-refractivity contribution in [3.05, 3.63) is 33.4 Å². The zero-order valence-corrected chi connectivity index (χ0v) is 13.4. The fourth-order valence-corrected chi connectivity index (χ4v) is 1.82. The van der Waals surface area contributed by atoms with E-state index in [2.05, 4.69) is 27.9 Å². The largest absolute Gasteiger partial charge is 0.444 e. The molecule has 1 unspecified atom stereocenters. The Morgan fingerprint density at radius 3 is 2.42 bits per heavy atom. The van der Waals surface area contributed by atoms with Crippen LogP contribution in [-0.2, 0) is 9.53 Å². The predicted octanol–water partition coefficient (Wildman–Crippen LogP) is 3.10. The van der Waals surface area contributed by atoms with Crippen LogP contribution in [0.5, 0.6) is 0 Å². The number of carbonyl (C=O) groups excluding carboxylic acids is 2. The first-order valence-electron chi connectivity index (χ1n) is 5.99. The van der Waals surface area contributed by atoms with Gasteiger partial charge < -0.3 is 14.8 Å². The Kier molecular flexibility index (Phi) is 5.78. The van der Waals surface area contributed by atoms with Crippen molar-refractivity contribution in [2.45, 2.75) is 32.3 Å². The molecule has 0 aliphatic rings. The molecule has 0 spiro atoms. The molecule has 0 saturated carbocycles. The number of benzene rings is 1. The Hall–Kier alpha value is -1.11. The van der Waals surface area contributed by atoms with Crippen LogP contribution in [0.4, 0.5) is 4.79 Å². The monoisotopic (exact) mass is 375 g/mol. The second-order valence-corrected chi connectivity index (χ2v) is 6.42. The maximum Gasteiger partial charge on any atom is 0.407 e. The van der Waals surface area contributed by atoms with Gasteiger partial charge in [0.25, 0.3) is 0 Å². The number of rotatable bonds is 4. The SMILES string of the molecule is CC(C)(C)OC(=O)NCC(C=O)c1ccc(I)cc1. The van der Waals surface area contributed by atoms with Crippen molar-refractivity contribution in [1.29, 1.82) is 0 Å². The smallest absolute Gasteiger partial charge is 0.407 e. The molecule has 0 bridgehead atoms. The van der Waals surface area contributed by atoms with Crippen molar-refractivity contribution < 1.29 is 14.3 Å². The summed E-state index contributed by atoms with van der Waals surface area (Å²) in [6, 6.07) is 7.63. The lowest BCUT2D eigenvalue weighted by atomic mass is 10.0. The van der Waals surface area contributed by atoms with Crippen molar-refractivity contribution in [2.24, 2.45) is 0 Å². The molecule has 0 saturated heterocycles. The maximum absolute atomic E-state index is 11.5. The lowest BCUT2D eigenvalue weighted by molar-refractivity contribution is -0.109. The van der Waals surface area contributed by atoms with Gasteiger partial charge in [-0.05, 0) is 61.1 Å². The number of carbonyl (C=O) groups is 2. The number of hydrogen-bond acceptors (Lipinski definition) is 3. The Labute approximate surface area is 127 Å². The van der Waals surface area contributed by atoms with Crippen LogP contribution >= 0.6 is 22.6 Å². The first-order chi connectivity index (χ1) is 8.81. The molecule has 1 aromatic rings. The highest BCUT2D eigenvalue weighted by atomic mass is 127. The molecule has 19 heavy (non-hydrogen) atoms. The topological polar surface area (TPSA) is 55.4 Å². The minimum atomic E-state index is -0.538. The van der Waals surface area contributed by atoms with Gasteiger partial charge in [-0.25, -0.2) is 4.79 Å². The molecule has 5 heteroatoms. The molecular formula is C14H18INO3. The zero-order valence-electron chi connectivity index (χ0n) is 11.3. The fourth-order valence-electron chi connectivity index (χ4n) is 1.46. The molecular weight excluding hydrogens is 357 g/mol. The number of alkyl carbamates (subject to hydrolysis) is 1. The van der Waals surface area contributed by atoms with E-state index >= 15 is 0 Å². The summed E-state index contributed by atoms with van der Waals surface area (Å²) in [5.74, 6) is -0.357. The van der Waals surface area contributed by atoms with Gasteiger partial charge in [-0.1, -0.05) is 12.1 Å². The van der Waals surface area contributed by atoms with E-state index in [4.69, 9.17) is 4.74 Å². The van der Waals surface area contributed by atoms with E-state index in [0.717, 1.165) is 15.4 Å². The summed E-state index contributed by atoms with van der Waals surface area (Å²) in [6.07, 6.45) is 0.324. The molecule has 0 heterocycles. The standard InChI is InChI=1S/C14H18INO3/c1-14(2,3)19-13(18)16-8-11(9-17)10-4-6-12(15)7-5-10/h4-7,9,11H,8H2,1-3H3,(H,16,18). The average Bonchev–Trinajstić information content (AvgIpc) is 2.29. The van der Waals surface area contributed by atoms with Gasteiger partial charge in [-0.3, -0.25) is 0 Å². The van der Waals surface area contributed by atoms with Gasteiger partial charge in [-0.15, -0.1) is 0 Å². The predicted molar refractivity (Wildman–Crippen MR) is 82.2 cm³/mol. The van der Waals surface area contributed by atoms with Crippen molar-refractivity contribution in [3.8, 4) is 0 Å². The molecule has 4 nitrogen and oxygen atoms in total. The molecule has 1 amide bonds. The van der Waals surface area contributed by atoms with E-state index in [-0.39, 0.29) is 12.5 Å². The van der Waals surface area contributed by atoms with Crippen molar-refractivity contribution in [1.82, 2.24) is 5.32 Å². The third-order valence-electron chi connectivity index (χ3n) is 2.33. The molecule has 0 aromatic heterocycles. The highest BCUT2D eigenvalue weighted by Gasteiger charge is 2.17. The van der Waals surface area contributed by atoms with E-state index in [1.165, 1.54) is 0 Å². The van der Waals surface area contributed by atoms with E-state index < -0.39 is 11.7 Å². The van der Waals surface area contributed by atoms with Gasteiger partial charge in [0.2, 0.25) is 0 Å². The van der Waals surface area contributed by atoms with Crippen molar-refractivity contribution >= 4 is 35.0 Å². The summed E-state index contributed by atoms with van der Waals surface area (Å²) < 4.78 is 6.22. The Morgan fingerprint density at radius 2 is 1.95 bits per heavy atom. The lowest BCUT2D eigenvalue weighted by Gasteiger charge is -2.20. The van der Waals surface area contributed by atoms with Crippen LogP contribution in [-0.4, -0.2) is 24.5 Å². The average molecular weight is 375 g/mol. The molecule has 0 fully saturated rings. The van der Waals surface area contributed by atoms with Gasteiger partial charge in [0.15, 0.2) is 0 Å². The minimum absolute atomic E-state index is 0.235. The van der Waals surface area contributed by atoms with Crippen LogP contribution < -0.4 is 5.32 Å². The van der Waals surface area contributed by atoms with Crippen LogP contribution in [0.3, 0.4) is 0 Å². The third-order valence-corrected chi connectivity index (χ3v) is 3.05. The Bertz CT molecular complexity index is 437. The molecule has 1 atom stereocenters. The molecule has 0 aliphatic carbocycles. The van der Waals surface area contributed by atoms with E-state index in [1.807, 2.05) is 24.3 Å². The number of nitrogens with one attached hydrogen (secondary N) is 1. The summed E-state index contributed by atoms with van der Waals surface area (Å²) in [5.41, 5.74) is 0.343. The van der Waals surface area contributed by atoms with Gasteiger partial charge in [0.1, 0.15) is 11.9 Å². The zero-order chi connectivity index (χ0) is 14.5. The molecule has 1 aromatic carbocycles. The van der Waals surface area contributed by atoms with Crippen LogP contribution in [0.1, 0.15) is 32.3 Å². The molecule has 104 valence electrons. The van der Waals surface area contributed by atoms with E-state index in [0.29, 0.717) is 0 Å². The Balaban J connectivity index is 2.56. The van der Waals surface area contributed by atoms with Gasteiger partial charge in [0.05, 0.1) is 5.92 Å². The quantitative estimate of drug-likeness (QED) is 0.650. The van der Waals surface area contributed by atoms with Gasteiger partial charge >= 0.3 is 6.09 Å². The first-order valence-corrected chi connectivity index (χ1v) is 7.07. The molecule has 1 rings (SSSR count). The third kappa shape index (κ3) is 6.04. The van der Waals surface area contributed by atoms with E-state index in [9.17, 15) is 9.59 Å². The van der Waals surface area contributed by atoms with Crippen LogP contribution in [0.2, 0.25) is 0 Å². The molecule has 0 aliphatic heterocycles. The van der Waals surface area contributed by atoms with Crippen molar-refractivity contribution in [2.75, 3.05) is 6.54 Å². The summed E-state index contributed by atoms with van der Waals surface area (Å²) in [6.45, 7) is 5.62. The maximum atomic E-state index is 11.5. The van der Waals surface area contributed by atoms with E-state index in [1.54, 1.807) is 20.8 Å². The van der Waals surface area contributed by atoms with Gasteiger partial charge in [0, 0.05) is 10.1 Å². The van der Waals surface area contributed by atoms with Crippen LogP contribution in [0.25, 0.3) is 0 Å². The lowest BCUT2D eigenvalue weighted by Crippen LogP contribution is -2.35. The highest BCUT2D eigenvalue weighted by Crippen LogP contribution is 2.15. The number of amides is 1. The Morgan fingerprint density at radius 1 is 1.37 bits per heavy atom. The minimum Gasteiger partial charge on any atom is -0.444 e.